The first-order chi connectivity index (χ1) is 15.3. The van der Waals surface area contributed by atoms with Gasteiger partial charge in [0, 0.05) is 35.6 Å². The molecular formula is C27H27N3O. The molecule has 1 atom stereocenters. The van der Waals surface area contributed by atoms with Crippen molar-refractivity contribution in [1.82, 2.24) is 4.90 Å². The molecule has 3 aromatic carbocycles. The van der Waals surface area contributed by atoms with Crippen LogP contribution in [0.3, 0.4) is 0 Å². The normalized spacial score (nSPS) is 19.2. The molecule has 0 radical (unpaired) electrons. The summed E-state index contributed by atoms with van der Waals surface area (Å²) in [6.45, 7) is 4.30. The lowest BCUT2D eigenvalue weighted by atomic mass is 9.96. The topological polar surface area (TPSA) is 35.4 Å². The highest BCUT2D eigenvalue weighted by Gasteiger charge is 2.47. The number of anilines is 2. The van der Waals surface area contributed by atoms with Gasteiger partial charge in [-0.3, -0.25) is 9.69 Å². The smallest absolute Gasteiger partial charge is 0.255 e. The molecule has 1 unspecified atom stereocenters. The molecule has 0 bridgehead atoms. The van der Waals surface area contributed by atoms with Crippen molar-refractivity contribution in [2.75, 3.05) is 29.9 Å². The van der Waals surface area contributed by atoms with Gasteiger partial charge in [-0.2, -0.15) is 0 Å². The zero-order valence-electron chi connectivity index (χ0n) is 17.7. The minimum Gasteiger partial charge on any atom is -0.360 e. The standard InChI is InChI=1S/C27H27N3O/c31-27(28-22-10-12-25-24(16-22)26-18-30(25)26)20-9-11-23(19-7-3-1-4-8-19)21(15-20)17-29-13-5-2-6-14-29/h1,3-4,7-12,15-16,26H,2,5-6,13-14,17-18H2,(H,28,31). The largest absolute Gasteiger partial charge is 0.360 e. The molecule has 0 spiro atoms. The predicted octanol–water partition coefficient (Wildman–Crippen LogP) is 5.47. The SMILES string of the molecule is O=C(Nc1ccc2c(c1)C1CN21)c1ccc(-c2ccccc2)c(CN2CCCCC2)c1. The summed E-state index contributed by atoms with van der Waals surface area (Å²) >= 11 is 0. The molecule has 3 heterocycles. The van der Waals surface area contributed by atoms with Crippen molar-refractivity contribution < 1.29 is 4.79 Å². The number of benzene rings is 3. The van der Waals surface area contributed by atoms with Crippen molar-refractivity contribution in [2.24, 2.45) is 0 Å². The van der Waals surface area contributed by atoms with Gasteiger partial charge in [0.05, 0.1) is 6.04 Å². The molecule has 2 fully saturated rings. The lowest BCUT2D eigenvalue weighted by molar-refractivity contribution is 0.102. The number of hydrogen-bond donors (Lipinski definition) is 1. The molecule has 156 valence electrons. The fourth-order valence-corrected chi connectivity index (χ4v) is 5.09. The number of fused-ring (bicyclic) bond motifs is 4. The van der Waals surface area contributed by atoms with Crippen LogP contribution in [-0.2, 0) is 6.54 Å². The molecule has 3 aliphatic heterocycles. The first kappa shape index (κ1) is 18.6. The average molecular weight is 410 g/mol. The van der Waals surface area contributed by atoms with E-state index in [4.69, 9.17) is 0 Å². The second kappa shape index (κ2) is 7.54. The Balaban J connectivity index is 1.27. The number of carbonyl (C=O) groups excluding carboxylic acids is 1. The number of nitrogens with zero attached hydrogens (tertiary/aromatic N) is 2. The summed E-state index contributed by atoms with van der Waals surface area (Å²) in [5.74, 6) is -0.0357. The van der Waals surface area contributed by atoms with Gasteiger partial charge < -0.3 is 10.2 Å². The number of likely N-dealkylation sites (tertiary alicyclic amines) is 1. The van der Waals surface area contributed by atoms with Gasteiger partial charge >= 0.3 is 0 Å². The molecule has 0 saturated carbocycles. The van der Waals surface area contributed by atoms with E-state index in [1.807, 2.05) is 18.2 Å². The van der Waals surface area contributed by atoms with Crippen molar-refractivity contribution in [3.8, 4) is 11.1 Å². The first-order valence-electron chi connectivity index (χ1n) is 11.4. The maximum Gasteiger partial charge on any atom is 0.255 e. The highest BCUT2D eigenvalue weighted by atomic mass is 16.1. The van der Waals surface area contributed by atoms with Crippen LogP contribution in [0.4, 0.5) is 11.4 Å². The third-order valence-electron chi connectivity index (χ3n) is 6.86. The molecular weight excluding hydrogens is 382 g/mol. The second-order valence-electron chi connectivity index (χ2n) is 8.97. The van der Waals surface area contributed by atoms with Crippen LogP contribution in [0.25, 0.3) is 11.1 Å². The van der Waals surface area contributed by atoms with E-state index in [1.54, 1.807) is 0 Å². The molecule has 4 nitrogen and oxygen atoms in total. The predicted molar refractivity (Wildman–Crippen MR) is 125 cm³/mol. The van der Waals surface area contributed by atoms with E-state index in [9.17, 15) is 4.79 Å². The number of hydrogen-bond acceptors (Lipinski definition) is 3. The molecule has 1 amide bonds. The van der Waals surface area contributed by atoms with Gasteiger partial charge in [-0.15, -0.1) is 0 Å². The van der Waals surface area contributed by atoms with Gasteiger partial charge in [-0.1, -0.05) is 42.8 Å². The summed E-state index contributed by atoms with van der Waals surface area (Å²) in [7, 11) is 0. The highest BCUT2D eigenvalue weighted by Crippen LogP contribution is 2.54. The molecule has 0 aromatic heterocycles. The van der Waals surface area contributed by atoms with Gasteiger partial charge in [0.1, 0.15) is 0 Å². The quantitative estimate of drug-likeness (QED) is 0.568. The minimum absolute atomic E-state index is 0.0357. The Morgan fingerprint density at radius 3 is 2.61 bits per heavy atom. The summed E-state index contributed by atoms with van der Waals surface area (Å²) in [5, 5.41) is 3.12. The monoisotopic (exact) mass is 409 g/mol. The third-order valence-corrected chi connectivity index (χ3v) is 6.86. The van der Waals surface area contributed by atoms with Crippen LogP contribution in [0.2, 0.25) is 0 Å². The van der Waals surface area contributed by atoms with Crippen molar-refractivity contribution in [1.29, 1.82) is 0 Å². The summed E-state index contributed by atoms with van der Waals surface area (Å²) in [6.07, 6.45) is 3.85. The summed E-state index contributed by atoms with van der Waals surface area (Å²) in [4.78, 5) is 18.0. The number of nitrogens with one attached hydrogen (secondary N) is 1. The van der Waals surface area contributed by atoms with E-state index in [0.717, 1.165) is 37.4 Å². The Labute approximate surface area is 183 Å². The lowest BCUT2D eigenvalue weighted by Gasteiger charge is -2.27. The fourth-order valence-electron chi connectivity index (χ4n) is 5.09. The van der Waals surface area contributed by atoms with Crippen LogP contribution < -0.4 is 10.2 Å². The van der Waals surface area contributed by atoms with Crippen LogP contribution in [0, 0.1) is 0 Å². The zero-order valence-corrected chi connectivity index (χ0v) is 17.7. The van der Waals surface area contributed by atoms with Crippen molar-refractivity contribution >= 4 is 17.3 Å². The van der Waals surface area contributed by atoms with E-state index >= 15 is 0 Å². The number of rotatable bonds is 5. The molecule has 6 rings (SSSR count). The third kappa shape index (κ3) is 3.51. The summed E-state index contributed by atoms with van der Waals surface area (Å²) < 4.78 is 0. The van der Waals surface area contributed by atoms with Gasteiger partial charge in [-0.25, -0.2) is 0 Å². The molecule has 3 aliphatic rings. The zero-order chi connectivity index (χ0) is 20.8. The van der Waals surface area contributed by atoms with Gasteiger partial charge in [0.15, 0.2) is 0 Å². The maximum atomic E-state index is 13.1. The Morgan fingerprint density at radius 2 is 1.77 bits per heavy atom. The van der Waals surface area contributed by atoms with Crippen molar-refractivity contribution in [2.45, 2.75) is 31.8 Å². The molecule has 3 aromatic rings. The Bertz CT molecular complexity index is 1130. The Hall–Kier alpha value is -3.11. The van der Waals surface area contributed by atoms with Crippen LogP contribution >= 0.6 is 0 Å². The van der Waals surface area contributed by atoms with E-state index in [0.29, 0.717) is 6.04 Å². The van der Waals surface area contributed by atoms with E-state index in [2.05, 4.69) is 63.6 Å². The van der Waals surface area contributed by atoms with E-state index in [1.165, 1.54) is 47.2 Å². The number of piperidine rings is 1. The van der Waals surface area contributed by atoms with Gasteiger partial charge in [0.25, 0.3) is 5.91 Å². The Kier molecular flexibility index (Phi) is 4.53. The second-order valence-corrected chi connectivity index (χ2v) is 8.97. The first-order valence-corrected chi connectivity index (χ1v) is 11.4. The van der Waals surface area contributed by atoms with Gasteiger partial charge in [-0.05, 0) is 73.0 Å². The maximum absolute atomic E-state index is 13.1. The van der Waals surface area contributed by atoms with Crippen LogP contribution in [0.15, 0.2) is 66.7 Å². The van der Waals surface area contributed by atoms with Crippen LogP contribution in [-0.4, -0.2) is 30.4 Å². The van der Waals surface area contributed by atoms with Crippen molar-refractivity contribution in [3.05, 3.63) is 83.4 Å². The number of amides is 1. The van der Waals surface area contributed by atoms with Crippen LogP contribution in [0.1, 0.15) is 46.8 Å². The van der Waals surface area contributed by atoms with Crippen LogP contribution in [0.5, 0.6) is 0 Å². The fraction of sp³-hybridized carbons (Fsp3) is 0.296. The average Bonchev–Trinajstić information content (AvgIpc) is 3.54. The van der Waals surface area contributed by atoms with Crippen molar-refractivity contribution in [3.63, 3.8) is 0 Å². The molecule has 1 N–H and O–H groups in total. The summed E-state index contributed by atoms with van der Waals surface area (Å²) in [6, 6.07) is 23.5. The van der Waals surface area contributed by atoms with Gasteiger partial charge in [0.2, 0.25) is 0 Å². The summed E-state index contributed by atoms with van der Waals surface area (Å²) in [5.41, 5.74) is 7.95. The van der Waals surface area contributed by atoms with E-state index in [-0.39, 0.29) is 5.91 Å². The minimum atomic E-state index is -0.0357. The molecule has 31 heavy (non-hydrogen) atoms. The van der Waals surface area contributed by atoms with E-state index < -0.39 is 0 Å². The number of carbonyl (C=O) groups is 1. The molecule has 4 heteroatoms. The Morgan fingerprint density at radius 1 is 0.935 bits per heavy atom. The highest BCUT2D eigenvalue weighted by molar-refractivity contribution is 6.05. The molecule has 0 aliphatic carbocycles. The lowest BCUT2D eigenvalue weighted by Crippen LogP contribution is -2.29. The molecule has 2 saturated heterocycles.